The van der Waals surface area contributed by atoms with Gasteiger partial charge in [0.25, 0.3) is 0 Å². The van der Waals surface area contributed by atoms with Crippen molar-refractivity contribution in [3.63, 3.8) is 0 Å². The van der Waals surface area contributed by atoms with Crippen molar-refractivity contribution in [3.8, 4) is 0 Å². The first-order valence-electron chi connectivity index (χ1n) is 6.70. The number of hydrogen-bond donors (Lipinski definition) is 0. The molecule has 0 spiro atoms. The molecular weight excluding hydrogens is 248 g/mol. The predicted octanol–water partition coefficient (Wildman–Crippen LogP) is 5.77. The van der Waals surface area contributed by atoms with E-state index in [2.05, 4.69) is 61.5 Å². The molecule has 0 N–H and O–H groups in total. The molecule has 0 fully saturated rings. The van der Waals surface area contributed by atoms with E-state index in [-0.39, 0.29) is 0 Å². The molecule has 1 heteroatoms. The van der Waals surface area contributed by atoms with Crippen molar-refractivity contribution in [2.45, 2.75) is 13.3 Å². The molecule has 0 nitrogen and oxygen atoms in total. The molecule has 0 saturated carbocycles. The van der Waals surface area contributed by atoms with E-state index in [0.717, 1.165) is 6.42 Å². The van der Waals surface area contributed by atoms with E-state index in [0.29, 0.717) is 0 Å². The summed E-state index contributed by atoms with van der Waals surface area (Å²) in [5.41, 5.74) is 1.49. The van der Waals surface area contributed by atoms with Crippen LogP contribution in [0, 0.1) is 0 Å². The van der Waals surface area contributed by atoms with E-state index in [1.54, 1.807) is 0 Å². The number of rotatable bonds is 1. The largest absolute Gasteiger partial charge is 0.135 e. The molecule has 0 radical (unpaired) electrons. The number of benzene rings is 3. The second kappa shape index (κ2) is 4.07. The molecule has 0 unspecified atom stereocenters. The van der Waals surface area contributed by atoms with Crippen molar-refractivity contribution in [2.24, 2.45) is 0 Å². The fraction of sp³-hybridized carbons (Fsp3) is 0.111. The second-order valence-electron chi connectivity index (χ2n) is 4.90. The molecule has 3 aromatic carbocycles. The summed E-state index contributed by atoms with van der Waals surface area (Å²) in [7, 11) is 0. The van der Waals surface area contributed by atoms with Crippen LogP contribution in [-0.2, 0) is 6.42 Å². The molecule has 0 aliphatic heterocycles. The minimum atomic E-state index is 1.09. The van der Waals surface area contributed by atoms with Gasteiger partial charge in [0.05, 0.1) is 0 Å². The van der Waals surface area contributed by atoms with Crippen molar-refractivity contribution in [1.29, 1.82) is 0 Å². The Bertz CT molecular complexity index is 899. The van der Waals surface area contributed by atoms with Crippen molar-refractivity contribution < 1.29 is 0 Å². The maximum Gasteiger partial charge on any atom is 0.0393 e. The molecule has 1 heterocycles. The van der Waals surface area contributed by atoms with Gasteiger partial charge in [-0.25, -0.2) is 0 Å². The molecule has 1 aromatic heterocycles. The van der Waals surface area contributed by atoms with E-state index in [1.165, 1.54) is 36.5 Å². The van der Waals surface area contributed by atoms with Crippen molar-refractivity contribution >= 4 is 42.3 Å². The predicted molar refractivity (Wildman–Crippen MR) is 86.2 cm³/mol. The highest BCUT2D eigenvalue weighted by Gasteiger charge is 2.11. The van der Waals surface area contributed by atoms with Crippen LogP contribution in [0.1, 0.15) is 12.5 Å². The van der Waals surface area contributed by atoms with Gasteiger partial charge in [-0.3, -0.25) is 0 Å². The number of aryl methyl sites for hydroxylation is 1. The van der Waals surface area contributed by atoms with Gasteiger partial charge in [0.2, 0.25) is 0 Å². The highest BCUT2D eigenvalue weighted by Crippen LogP contribution is 2.39. The third-order valence-corrected chi connectivity index (χ3v) is 5.09. The van der Waals surface area contributed by atoms with Gasteiger partial charge in [-0.2, -0.15) is 0 Å². The molecule has 4 aromatic rings. The lowest BCUT2D eigenvalue weighted by molar-refractivity contribution is 1.18. The summed E-state index contributed by atoms with van der Waals surface area (Å²) in [4.78, 5) is 0. The average Bonchev–Trinajstić information content (AvgIpc) is 2.83. The smallest absolute Gasteiger partial charge is 0.0393 e. The molecular formula is C18H14S. The van der Waals surface area contributed by atoms with Gasteiger partial charge in [-0.1, -0.05) is 49.4 Å². The first kappa shape index (κ1) is 11.0. The Kier molecular flexibility index (Phi) is 2.36. The van der Waals surface area contributed by atoms with Gasteiger partial charge in [0.1, 0.15) is 0 Å². The van der Waals surface area contributed by atoms with Crippen LogP contribution in [0.4, 0.5) is 0 Å². The van der Waals surface area contributed by atoms with Gasteiger partial charge >= 0.3 is 0 Å². The molecule has 0 aliphatic rings. The van der Waals surface area contributed by atoms with Gasteiger partial charge < -0.3 is 0 Å². The van der Waals surface area contributed by atoms with Gasteiger partial charge in [0, 0.05) is 20.2 Å². The lowest BCUT2D eigenvalue weighted by Gasteiger charge is -2.06. The maximum absolute atomic E-state index is 2.35. The van der Waals surface area contributed by atoms with E-state index in [1.807, 2.05) is 11.3 Å². The molecule has 19 heavy (non-hydrogen) atoms. The highest BCUT2D eigenvalue weighted by atomic mass is 32.1. The van der Waals surface area contributed by atoms with Crippen LogP contribution in [0.15, 0.2) is 54.6 Å². The van der Waals surface area contributed by atoms with Crippen LogP contribution < -0.4 is 0 Å². The average molecular weight is 262 g/mol. The first-order chi connectivity index (χ1) is 9.38. The fourth-order valence-electron chi connectivity index (χ4n) is 2.96. The molecule has 4 rings (SSSR count). The second-order valence-corrected chi connectivity index (χ2v) is 5.96. The number of thiophene rings is 1. The van der Waals surface area contributed by atoms with Crippen LogP contribution in [0.3, 0.4) is 0 Å². The van der Waals surface area contributed by atoms with Gasteiger partial charge in [-0.15, -0.1) is 11.3 Å². The Hall–Kier alpha value is -1.86. The lowest BCUT2D eigenvalue weighted by Crippen LogP contribution is -1.84. The summed E-state index contributed by atoms with van der Waals surface area (Å²) in [6.07, 6.45) is 1.09. The summed E-state index contributed by atoms with van der Waals surface area (Å²) in [6, 6.07) is 19.8. The summed E-state index contributed by atoms with van der Waals surface area (Å²) in [5.74, 6) is 0. The minimum absolute atomic E-state index is 1.09. The molecule has 0 aliphatic carbocycles. The zero-order valence-corrected chi connectivity index (χ0v) is 11.6. The quantitative estimate of drug-likeness (QED) is 0.408. The zero-order chi connectivity index (χ0) is 12.8. The van der Waals surface area contributed by atoms with Crippen LogP contribution in [0.2, 0.25) is 0 Å². The van der Waals surface area contributed by atoms with Crippen molar-refractivity contribution in [2.75, 3.05) is 0 Å². The summed E-state index contributed by atoms with van der Waals surface area (Å²) in [6.45, 7) is 2.26. The molecule has 92 valence electrons. The Morgan fingerprint density at radius 1 is 0.842 bits per heavy atom. The van der Waals surface area contributed by atoms with Crippen LogP contribution in [-0.4, -0.2) is 0 Å². The van der Waals surface area contributed by atoms with Crippen LogP contribution in [0.5, 0.6) is 0 Å². The third kappa shape index (κ3) is 1.52. The van der Waals surface area contributed by atoms with Gasteiger partial charge in [-0.05, 0) is 34.9 Å². The standard InChI is InChI=1S/C18H14S/c1-2-13-14-8-4-3-7-12(14)11-16-15-9-5-6-10-17(15)19-18(13)16/h3-11H,2H2,1H3. The minimum Gasteiger partial charge on any atom is -0.135 e. The van der Waals surface area contributed by atoms with E-state index >= 15 is 0 Å². The normalized spacial score (nSPS) is 11.6. The Labute approximate surface area is 116 Å². The fourth-order valence-corrected chi connectivity index (χ4v) is 4.27. The lowest BCUT2D eigenvalue weighted by atomic mass is 9.99. The zero-order valence-electron chi connectivity index (χ0n) is 10.8. The van der Waals surface area contributed by atoms with E-state index in [4.69, 9.17) is 0 Å². The van der Waals surface area contributed by atoms with Crippen LogP contribution in [0.25, 0.3) is 30.9 Å². The maximum atomic E-state index is 2.35. The summed E-state index contributed by atoms with van der Waals surface area (Å²) >= 11 is 1.93. The summed E-state index contributed by atoms with van der Waals surface area (Å²) in [5, 5.41) is 5.57. The van der Waals surface area contributed by atoms with E-state index < -0.39 is 0 Å². The third-order valence-electron chi connectivity index (χ3n) is 3.85. The molecule has 0 saturated heterocycles. The Balaban J connectivity index is 2.31. The molecule has 0 bridgehead atoms. The Morgan fingerprint density at radius 2 is 1.58 bits per heavy atom. The topological polar surface area (TPSA) is 0 Å². The highest BCUT2D eigenvalue weighted by molar-refractivity contribution is 7.26. The van der Waals surface area contributed by atoms with Gasteiger partial charge in [0.15, 0.2) is 0 Å². The van der Waals surface area contributed by atoms with Crippen LogP contribution >= 0.6 is 11.3 Å². The monoisotopic (exact) mass is 262 g/mol. The Morgan fingerprint density at radius 3 is 2.42 bits per heavy atom. The number of hydrogen-bond acceptors (Lipinski definition) is 1. The SMILES string of the molecule is CCc1c2ccccc2cc2c1sc1ccccc12. The first-order valence-corrected chi connectivity index (χ1v) is 7.52. The van der Waals surface area contributed by atoms with Crippen molar-refractivity contribution in [3.05, 3.63) is 60.2 Å². The van der Waals surface area contributed by atoms with Crippen molar-refractivity contribution in [1.82, 2.24) is 0 Å². The molecule has 0 atom stereocenters. The number of fused-ring (bicyclic) bond motifs is 4. The molecule has 0 amide bonds. The summed E-state index contributed by atoms with van der Waals surface area (Å²) < 4.78 is 2.85. The van der Waals surface area contributed by atoms with E-state index in [9.17, 15) is 0 Å².